The Labute approximate surface area is 115 Å². The quantitative estimate of drug-likeness (QED) is 0.704. The monoisotopic (exact) mass is 254 g/mol. The predicted octanol–water partition coefficient (Wildman–Crippen LogP) is 4.56. The minimum Gasteiger partial charge on any atom is -0.295 e. The lowest BCUT2D eigenvalue weighted by Crippen LogP contribution is -2.00. The van der Waals surface area contributed by atoms with Gasteiger partial charge in [-0.3, -0.25) is 4.79 Å². The van der Waals surface area contributed by atoms with E-state index >= 15 is 0 Å². The van der Waals surface area contributed by atoms with Gasteiger partial charge in [0, 0.05) is 6.42 Å². The number of ketones is 1. The van der Waals surface area contributed by atoms with E-state index in [1.807, 2.05) is 0 Å². The first-order valence-electron chi connectivity index (χ1n) is 7.65. The van der Waals surface area contributed by atoms with Gasteiger partial charge in [-0.15, -0.1) is 0 Å². The molecule has 0 fully saturated rings. The highest BCUT2D eigenvalue weighted by molar-refractivity contribution is 6.09. The van der Waals surface area contributed by atoms with E-state index in [9.17, 15) is 4.79 Å². The number of benzene rings is 1. The molecule has 1 nitrogen and oxygen atoms in total. The van der Waals surface area contributed by atoms with Crippen LogP contribution in [0.15, 0.2) is 29.8 Å². The summed E-state index contributed by atoms with van der Waals surface area (Å²) in [6, 6.07) is 8.64. The Balaban J connectivity index is 1.84. The van der Waals surface area contributed by atoms with E-state index in [-0.39, 0.29) is 0 Å². The molecule has 0 bridgehead atoms. The number of hydrogen-bond acceptors (Lipinski definition) is 1. The van der Waals surface area contributed by atoms with Gasteiger partial charge in [0.15, 0.2) is 5.78 Å². The van der Waals surface area contributed by atoms with Crippen LogP contribution in [0.5, 0.6) is 0 Å². The third-order valence-corrected chi connectivity index (χ3v) is 4.56. The molecule has 100 valence electrons. The number of Topliss-reactive ketones (excluding diaryl/α,β-unsaturated/α-hetero) is 1. The molecule has 19 heavy (non-hydrogen) atoms. The van der Waals surface area contributed by atoms with Gasteiger partial charge in [-0.2, -0.15) is 0 Å². The molecule has 1 aromatic carbocycles. The molecule has 1 atom stereocenters. The Morgan fingerprint density at radius 2 is 1.95 bits per heavy atom. The molecule has 3 rings (SSSR count). The average molecular weight is 254 g/mol. The number of allylic oxidation sites excluding steroid dienone is 2. The molecule has 2 aliphatic carbocycles. The van der Waals surface area contributed by atoms with E-state index in [1.54, 1.807) is 0 Å². The molecule has 0 saturated heterocycles. The van der Waals surface area contributed by atoms with Gasteiger partial charge in [0.1, 0.15) is 0 Å². The Morgan fingerprint density at radius 3 is 2.79 bits per heavy atom. The van der Waals surface area contributed by atoms with Crippen LogP contribution in [0.3, 0.4) is 0 Å². The molecule has 0 spiro atoms. The highest BCUT2D eigenvalue weighted by atomic mass is 16.1. The molecule has 1 aromatic rings. The summed E-state index contributed by atoms with van der Waals surface area (Å²) in [4.78, 5) is 12.2. The van der Waals surface area contributed by atoms with E-state index in [0.717, 1.165) is 24.8 Å². The van der Waals surface area contributed by atoms with Crippen LogP contribution in [0.25, 0.3) is 5.57 Å². The first kappa shape index (κ1) is 12.7. The smallest absolute Gasteiger partial charge is 0.159 e. The van der Waals surface area contributed by atoms with Gasteiger partial charge in [-0.05, 0) is 47.5 Å². The van der Waals surface area contributed by atoms with Crippen LogP contribution in [0.2, 0.25) is 0 Å². The topological polar surface area (TPSA) is 17.1 Å². The SMILES string of the molecule is CCCCCCC1=C2c3ccccc3C[C@H]2CC1=O. The van der Waals surface area contributed by atoms with Crippen LogP contribution in [-0.4, -0.2) is 5.78 Å². The van der Waals surface area contributed by atoms with Gasteiger partial charge >= 0.3 is 0 Å². The van der Waals surface area contributed by atoms with E-state index in [1.165, 1.54) is 42.4 Å². The fraction of sp³-hybridized carbons (Fsp3) is 0.500. The minimum absolute atomic E-state index is 0.422. The number of hydrogen-bond donors (Lipinski definition) is 0. The number of carbonyl (C=O) groups excluding carboxylic acids is 1. The maximum atomic E-state index is 12.2. The van der Waals surface area contributed by atoms with Gasteiger partial charge in [-0.25, -0.2) is 0 Å². The number of carbonyl (C=O) groups is 1. The standard InChI is InChI=1S/C18H22O/c1-2-3-4-5-10-16-17(19)12-14-11-13-8-6-7-9-15(13)18(14)16/h6-9,14H,2-5,10-12H2,1H3/t14-/m0/s1. The van der Waals surface area contributed by atoms with Crippen molar-refractivity contribution in [3.8, 4) is 0 Å². The molecule has 0 aromatic heterocycles. The van der Waals surface area contributed by atoms with Gasteiger partial charge in [-0.1, -0.05) is 50.5 Å². The van der Waals surface area contributed by atoms with Crippen LogP contribution >= 0.6 is 0 Å². The average Bonchev–Trinajstić information content (AvgIpc) is 2.90. The van der Waals surface area contributed by atoms with Crippen LogP contribution in [-0.2, 0) is 11.2 Å². The van der Waals surface area contributed by atoms with Crippen LogP contribution < -0.4 is 0 Å². The first-order valence-corrected chi connectivity index (χ1v) is 7.65. The second kappa shape index (κ2) is 5.32. The molecule has 0 aliphatic heterocycles. The van der Waals surface area contributed by atoms with Crippen molar-refractivity contribution in [1.29, 1.82) is 0 Å². The van der Waals surface area contributed by atoms with Crippen LogP contribution in [0.4, 0.5) is 0 Å². The molecule has 2 aliphatic rings. The van der Waals surface area contributed by atoms with Crippen LogP contribution in [0, 0.1) is 5.92 Å². The van der Waals surface area contributed by atoms with E-state index in [4.69, 9.17) is 0 Å². The Kier molecular flexibility index (Phi) is 3.54. The minimum atomic E-state index is 0.422. The lowest BCUT2D eigenvalue weighted by Gasteiger charge is -2.06. The van der Waals surface area contributed by atoms with Crippen molar-refractivity contribution in [3.63, 3.8) is 0 Å². The lowest BCUT2D eigenvalue weighted by molar-refractivity contribution is -0.115. The highest BCUT2D eigenvalue weighted by Crippen LogP contribution is 2.47. The number of fused-ring (bicyclic) bond motifs is 3. The summed E-state index contributed by atoms with van der Waals surface area (Å²) in [7, 11) is 0. The maximum Gasteiger partial charge on any atom is 0.159 e. The third-order valence-electron chi connectivity index (χ3n) is 4.56. The summed E-state index contributed by atoms with van der Waals surface area (Å²) in [5, 5.41) is 0. The normalized spacial score (nSPS) is 20.9. The van der Waals surface area contributed by atoms with E-state index < -0.39 is 0 Å². The van der Waals surface area contributed by atoms with E-state index in [2.05, 4.69) is 31.2 Å². The maximum absolute atomic E-state index is 12.2. The Hall–Kier alpha value is -1.37. The summed E-state index contributed by atoms with van der Waals surface area (Å²) < 4.78 is 0. The molecular formula is C18H22O. The molecule has 1 heteroatoms. The molecule has 0 heterocycles. The van der Waals surface area contributed by atoms with Crippen molar-refractivity contribution >= 4 is 11.4 Å². The number of unbranched alkanes of at least 4 members (excludes halogenated alkanes) is 3. The van der Waals surface area contributed by atoms with Gasteiger partial charge < -0.3 is 0 Å². The molecule has 0 saturated carbocycles. The number of rotatable bonds is 5. The van der Waals surface area contributed by atoms with Crippen molar-refractivity contribution in [2.75, 3.05) is 0 Å². The molecule has 0 radical (unpaired) electrons. The summed E-state index contributed by atoms with van der Waals surface area (Å²) in [6.45, 7) is 2.23. The van der Waals surface area contributed by atoms with E-state index in [0.29, 0.717) is 11.7 Å². The second-order valence-corrected chi connectivity index (χ2v) is 5.89. The predicted molar refractivity (Wildman–Crippen MR) is 78.9 cm³/mol. The largest absolute Gasteiger partial charge is 0.295 e. The summed E-state index contributed by atoms with van der Waals surface area (Å²) >= 11 is 0. The highest BCUT2D eigenvalue weighted by Gasteiger charge is 2.37. The van der Waals surface area contributed by atoms with Crippen molar-refractivity contribution in [3.05, 3.63) is 41.0 Å². The molecular weight excluding hydrogens is 232 g/mol. The molecule has 0 amide bonds. The zero-order chi connectivity index (χ0) is 13.2. The van der Waals surface area contributed by atoms with Gasteiger partial charge in [0.25, 0.3) is 0 Å². The molecule has 0 unspecified atom stereocenters. The van der Waals surface area contributed by atoms with Crippen molar-refractivity contribution < 1.29 is 4.79 Å². The van der Waals surface area contributed by atoms with Crippen molar-refractivity contribution in [1.82, 2.24) is 0 Å². The Bertz CT molecular complexity index is 524. The summed E-state index contributed by atoms with van der Waals surface area (Å²) in [5.41, 5.74) is 5.37. The zero-order valence-electron chi connectivity index (χ0n) is 11.7. The lowest BCUT2D eigenvalue weighted by atomic mass is 9.98. The second-order valence-electron chi connectivity index (χ2n) is 5.89. The fourth-order valence-electron chi connectivity index (χ4n) is 3.63. The molecule has 0 N–H and O–H groups in total. The third kappa shape index (κ3) is 2.27. The summed E-state index contributed by atoms with van der Waals surface area (Å²) in [6.07, 6.45) is 7.81. The zero-order valence-corrected chi connectivity index (χ0v) is 11.7. The van der Waals surface area contributed by atoms with Crippen molar-refractivity contribution in [2.45, 2.75) is 51.9 Å². The van der Waals surface area contributed by atoms with Crippen molar-refractivity contribution in [2.24, 2.45) is 5.92 Å². The first-order chi connectivity index (χ1) is 9.31. The van der Waals surface area contributed by atoms with Gasteiger partial charge in [0.2, 0.25) is 0 Å². The Morgan fingerprint density at radius 1 is 1.11 bits per heavy atom. The van der Waals surface area contributed by atoms with Gasteiger partial charge in [0.05, 0.1) is 0 Å². The summed E-state index contributed by atoms with van der Waals surface area (Å²) in [5.74, 6) is 0.914. The fourth-order valence-corrected chi connectivity index (χ4v) is 3.63. The van der Waals surface area contributed by atoms with Crippen LogP contribution in [0.1, 0.15) is 56.6 Å².